The summed E-state index contributed by atoms with van der Waals surface area (Å²) in [7, 11) is 2.13. The summed E-state index contributed by atoms with van der Waals surface area (Å²) in [5.74, 6) is 0.469. The Labute approximate surface area is 304 Å². The molecule has 0 saturated heterocycles. The van der Waals surface area contributed by atoms with E-state index in [9.17, 15) is 5.26 Å². The molecule has 2 aliphatic rings. The van der Waals surface area contributed by atoms with Crippen molar-refractivity contribution in [3.63, 3.8) is 0 Å². The van der Waals surface area contributed by atoms with Crippen molar-refractivity contribution in [3.8, 4) is 11.8 Å². The molecule has 6 heteroatoms. The molecule has 4 nitrogen and oxygen atoms in total. The van der Waals surface area contributed by atoms with E-state index < -0.39 is 0 Å². The van der Waals surface area contributed by atoms with Crippen molar-refractivity contribution in [2.45, 2.75) is 19.5 Å². The lowest BCUT2D eigenvalue weighted by molar-refractivity contribution is 0.703. The van der Waals surface area contributed by atoms with Gasteiger partial charge in [0.2, 0.25) is 0 Å². The van der Waals surface area contributed by atoms with Crippen molar-refractivity contribution >= 4 is 80.9 Å². The predicted octanol–water partition coefficient (Wildman–Crippen LogP) is 12.1. The molecule has 1 aliphatic heterocycles. The zero-order valence-corrected chi connectivity index (χ0v) is 29.8. The molecule has 0 saturated carbocycles. The maximum absolute atomic E-state index is 10.8. The maximum Gasteiger partial charge on any atom is 0.147 e. The smallest absolute Gasteiger partial charge is 0.147 e. The van der Waals surface area contributed by atoms with Crippen LogP contribution in [-0.4, -0.2) is 17.3 Å². The SMILES string of the molecule is CC1CC=CC=C1c1ccc2c(c1)c1sc3ccccc3c1n2-c1ccc(C2N=C(c3ccccc3)c3sc4ccccc4c3N2C)cc1C#N. The number of hydrogen-bond donors (Lipinski definition) is 0. The summed E-state index contributed by atoms with van der Waals surface area (Å²) in [5.41, 5.74) is 10.7. The highest BCUT2D eigenvalue weighted by Gasteiger charge is 2.32. The van der Waals surface area contributed by atoms with Gasteiger partial charge in [-0.15, -0.1) is 22.7 Å². The Kier molecular flexibility index (Phi) is 6.89. The van der Waals surface area contributed by atoms with E-state index in [1.54, 1.807) is 11.3 Å². The standard InChI is InChI=1S/C45H32N4S2/c1-27-12-6-7-15-32(27)29-20-23-37-35(25-29)43-42(34-17-9-11-19-39(34)50-43)49(37)36-22-21-30(24-31(36)26-46)45-47-40(28-13-4-3-5-14-28)44-41(48(45)2)33-16-8-10-18-38(33)51-44/h3-11,13-25,27,45H,12H2,1-2H3. The van der Waals surface area contributed by atoms with Gasteiger partial charge in [-0.3, -0.25) is 4.99 Å². The molecule has 0 spiro atoms. The van der Waals surface area contributed by atoms with Gasteiger partial charge in [-0.1, -0.05) is 104 Å². The van der Waals surface area contributed by atoms with Crippen molar-refractivity contribution in [1.82, 2.24) is 4.57 Å². The van der Waals surface area contributed by atoms with Gasteiger partial charge >= 0.3 is 0 Å². The monoisotopic (exact) mass is 692 g/mol. The summed E-state index contributed by atoms with van der Waals surface area (Å²) >= 11 is 3.63. The highest BCUT2D eigenvalue weighted by Crippen LogP contribution is 2.47. The summed E-state index contributed by atoms with van der Waals surface area (Å²) < 4.78 is 6.06. The van der Waals surface area contributed by atoms with Gasteiger partial charge in [-0.05, 0) is 65.4 Å². The molecule has 0 fully saturated rings. The average molecular weight is 693 g/mol. The fourth-order valence-corrected chi connectivity index (χ4v) is 10.5. The Morgan fingerprint density at radius 3 is 2.35 bits per heavy atom. The number of allylic oxidation sites excluding steroid dienone is 4. The third-order valence-corrected chi connectivity index (χ3v) is 12.9. The molecule has 0 amide bonds. The quantitative estimate of drug-likeness (QED) is 0.184. The lowest BCUT2D eigenvalue weighted by atomic mass is 9.88. The van der Waals surface area contributed by atoms with Crippen molar-refractivity contribution in [2.75, 3.05) is 11.9 Å². The second-order valence-corrected chi connectivity index (χ2v) is 15.6. The molecule has 0 bridgehead atoms. The van der Waals surface area contributed by atoms with E-state index in [1.807, 2.05) is 17.4 Å². The normalized spacial score (nSPS) is 17.2. The average Bonchev–Trinajstić information content (AvgIpc) is 3.85. The molecular weight excluding hydrogens is 661 g/mol. The fourth-order valence-electron chi connectivity index (χ4n) is 8.06. The number of thiophene rings is 2. The lowest BCUT2D eigenvalue weighted by Gasteiger charge is -2.33. The third-order valence-electron chi connectivity index (χ3n) is 10.5. The Hall–Kier alpha value is -5.74. The van der Waals surface area contributed by atoms with E-state index in [-0.39, 0.29) is 6.17 Å². The number of hydrogen-bond acceptors (Lipinski definition) is 5. The number of fused-ring (bicyclic) bond motifs is 8. The zero-order valence-electron chi connectivity index (χ0n) is 28.2. The third kappa shape index (κ3) is 4.59. The van der Waals surface area contributed by atoms with Gasteiger partial charge in [0, 0.05) is 38.2 Å². The highest BCUT2D eigenvalue weighted by molar-refractivity contribution is 7.26. The van der Waals surface area contributed by atoms with Gasteiger partial charge in [-0.25, -0.2) is 0 Å². The molecule has 51 heavy (non-hydrogen) atoms. The van der Waals surface area contributed by atoms with Crippen molar-refractivity contribution < 1.29 is 0 Å². The number of rotatable bonds is 4. The summed E-state index contributed by atoms with van der Waals surface area (Å²) in [6.07, 6.45) is 7.45. The number of benzene rings is 5. The van der Waals surface area contributed by atoms with Crippen LogP contribution in [0.2, 0.25) is 0 Å². The van der Waals surface area contributed by atoms with Crippen LogP contribution in [0.3, 0.4) is 0 Å². The van der Waals surface area contributed by atoms with Crippen LogP contribution in [0.5, 0.6) is 0 Å². The van der Waals surface area contributed by atoms with Gasteiger partial charge in [0.1, 0.15) is 12.2 Å². The van der Waals surface area contributed by atoms with Crippen LogP contribution in [0.15, 0.2) is 138 Å². The number of aliphatic imine (C=N–C) groups is 1. The van der Waals surface area contributed by atoms with Gasteiger partial charge in [0.15, 0.2) is 0 Å². The molecule has 244 valence electrons. The van der Waals surface area contributed by atoms with E-state index in [0.29, 0.717) is 11.5 Å². The Balaban J connectivity index is 1.17. The maximum atomic E-state index is 10.8. The molecule has 1 aliphatic carbocycles. The summed E-state index contributed by atoms with van der Waals surface area (Å²) in [6.45, 7) is 2.30. The zero-order chi connectivity index (χ0) is 34.2. The first kappa shape index (κ1) is 30.1. The van der Waals surface area contributed by atoms with Gasteiger partial charge in [0.25, 0.3) is 0 Å². The van der Waals surface area contributed by atoms with E-state index in [1.165, 1.54) is 52.0 Å². The van der Waals surface area contributed by atoms with Crippen molar-refractivity contribution in [2.24, 2.45) is 10.9 Å². The minimum atomic E-state index is -0.294. The van der Waals surface area contributed by atoms with Crippen LogP contribution in [0.25, 0.3) is 52.6 Å². The fraction of sp³-hybridized carbons (Fsp3) is 0.111. The van der Waals surface area contributed by atoms with Crippen molar-refractivity contribution in [1.29, 1.82) is 5.26 Å². The molecule has 0 N–H and O–H groups in total. The predicted molar refractivity (Wildman–Crippen MR) is 217 cm³/mol. The first-order chi connectivity index (χ1) is 25.1. The second-order valence-electron chi connectivity index (χ2n) is 13.5. The van der Waals surface area contributed by atoms with Gasteiger partial charge < -0.3 is 9.47 Å². The largest absolute Gasteiger partial charge is 0.347 e. The Morgan fingerprint density at radius 1 is 0.784 bits per heavy atom. The molecule has 2 unspecified atom stereocenters. The molecule has 0 radical (unpaired) electrons. The number of nitriles is 1. The van der Waals surface area contributed by atoms with Crippen LogP contribution in [-0.2, 0) is 0 Å². The minimum Gasteiger partial charge on any atom is -0.347 e. The van der Waals surface area contributed by atoms with E-state index in [0.717, 1.165) is 40.0 Å². The molecule has 8 aromatic rings. The molecular formula is C45H32N4S2. The highest BCUT2D eigenvalue weighted by atomic mass is 32.1. The topological polar surface area (TPSA) is 44.3 Å². The first-order valence-electron chi connectivity index (χ1n) is 17.3. The molecule has 3 aromatic heterocycles. The minimum absolute atomic E-state index is 0.294. The number of anilines is 1. The number of nitrogens with zero attached hydrogens (tertiary/aromatic N) is 4. The summed E-state index contributed by atoms with van der Waals surface area (Å²) in [4.78, 5) is 8.89. The summed E-state index contributed by atoms with van der Waals surface area (Å²) in [5, 5.41) is 14.5. The molecule has 5 aromatic carbocycles. The lowest BCUT2D eigenvalue weighted by Crippen LogP contribution is -2.29. The Morgan fingerprint density at radius 2 is 1.55 bits per heavy atom. The van der Waals surface area contributed by atoms with Crippen LogP contribution in [0, 0.1) is 17.2 Å². The molecule has 2 atom stereocenters. The summed E-state index contributed by atoms with van der Waals surface area (Å²) in [6, 6.07) is 43.6. The van der Waals surface area contributed by atoms with Gasteiger partial charge in [-0.2, -0.15) is 5.26 Å². The van der Waals surface area contributed by atoms with E-state index in [2.05, 4.69) is 157 Å². The van der Waals surface area contributed by atoms with Crippen LogP contribution >= 0.6 is 22.7 Å². The van der Waals surface area contributed by atoms with Crippen LogP contribution in [0.4, 0.5) is 5.69 Å². The van der Waals surface area contributed by atoms with Crippen LogP contribution in [0.1, 0.15) is 46.6 Å². The van der Waals surface area contributed by atoms with Crippen molar-refractivity contribution in [3.05, 3.63) is 161 Å². The molecule has 10 rings (SSSR count). The molecule has 4 heterocycles. The van der Waals surface area contributed by atoms with Gasteiger partial charge in [0.05, 0.1) is 43.3 Å². The number of aromatic nitrogens is 1. The first-order valence-corrected chi connectivity index (χ1v) is 19.0. The van der Waals surface area contributed by atoms with E-state index >= 15 is 0 Å². The van der Waals surface area contributed by atoms with Crippen LogP contribution < -0.4 is 4.90 Å². The van der Waals surface area contributed by atoms with E-state index in [4.69, 9.17) is 4.99 Å². The Bertz CT molecular complexity index is 2840. The second kappa shape index (κ2) is 11.7.